The molecule has 1 atom stereocenters. The highest BCUT2D eigenvalue weighted by Crippen LogP contribution is 2.33. The van der Waals surface area contributed by atoms with Crippen molar-refractivity contribution < 1.29 is 4.74 Å². The van der Waals surface area contributed by atoms with Crippen LogP contribution in [0.15, 0.2) is 35.7 Å². The summed E-state index contributed by atoms with van der Waals surface area (Å²) < 4.78 is 10.1. The van der Waals surface area contributed by atoms with E-state index in [1.165, 1.54) is 10.4 Å². The fourth-order valence-electron chi connectivity index (χ4n) is 3.57. The van der Waals surface area contributed by atoms with Crippen molar-refractivity contribution in [1.29, 1.82) is 0 Å². The van der Waals surface area contributed by atoms with E-state index in [0.717, 1.165) is 30.1 Å². The van der Waals surface area contributed by atoms with Gasteiger partial charge >= 0.3 is 0 Å². The molecule has 0 spiro atoms. The molecule has 0 saturated heterocycles. The molecule has 3 aromatic rings. The minimum atomic E-state index is 0.378. The molecular formula is C19H22N4OS2. The second-order valence-electron chi connectivity index (χ2n) is 6.54. The maximum absolute atomic E-state index is 5.66. The van der Waals surface area contributed by atoms with Crippen molar-refractivity contribution in [3.8, 4) is 17.1 Å². The van der Waals surface area contributed by atoms with Crippen LogP contribution >= 0.6 is 23.6 Å². The molecule has 4 rings (SSSR count). The lowest BCUT2D eigenvalue weighted by Gasteiger charge is -2.33. The van der Waals surface area contributed by atoms with Gasteiger partial charge in [0.2, 0.25) is 0 Å². The molecule has 1 aromatic carbocycles. The molecular weight excluding hydrogens is 364 g/mol. The Morgan fingerprint density at radius 3 is 2.92 bits per heavy atom. The summed E-state index contributed by atoms with van der Waals surface area (Å²) in [4.78, 5) is 3.94. The predicted octanol–water partition coefficient (Wildman–Crippen LogP) is 4.26. The SMILES string of the molecule is COc1ccccc1-c1nn(CN2CCc3sccc3[C@@H]2C)c(=S)n1C. The van der Waals surface area contributed by atoms with Crippen molar-refractivity contribution >= 4 is 23.6 Å². The Hall–Kier alpha value is -1.96. The number of hydrogen-bond acceptors (Lipinski definition) is 5. The monoisotopic (exact) mass is 386 g/mol. The molecule has 0 unspecified atom stereocenters. The highest BCUT2D eigenvalue weighted by molar-refractivity contribution is 7.71. The molecule has 1 aliphatic heterocycles. The number of rotatable bonds is 4. The Bertz CT molecular complexity index is 988. The second-order valence-corrected chi connectivity index (χ2v) is 7.91. The zero-order valence-corrected chi connectivity index (χ0v) is 16.8. The summed E-state index contributed by atoms with van der Waals surface area (Å²) >= 11 is 7.52. The first kappa shape index (κ1) is 17.5. The summed E-state index contributed by atoms with van der Waals surface area (Å²) in [6.45, 7) is 3.98. The van der Waals surface area contributed by atoms with E-state index in [1.54, 1.807) is 7.11 Å². The molecule has 26 heavy (non-hydrogen) atoms. The summed E-state index contributed by atoms with van der Waals surface area (Å²) in [5.41, 5.74) is 2.39. The van der Waals surface area contributed by atoms with Gasteiger partial charge in [-0.2, -0.15) is 5.10 Å². The first-order valence-electron chi connectivity index (χ1n) is 8.67. The summed E-state index contributed by atoms with van der Waals surface area (Å²) in [5.74, 6) is 1.63. The lowest BCUT2D eigenvalue weighted by atomic mass is 10.0. The van der Waals surface area contributed by atoms with Gasteiger partial charge in [-0.1, -0.05) is 12.1 Å². The maximum Gasteiger partial charge on any atom is 0.199 e. The Morgan fingerprint density at radius 2 is 2.12 bits per heavy atom. The van der Waals surface area contributed by atoms with E-state index < -0.39 is 0 Å². The van der Waals surface area contributed by atoms with Crippen molar-refractivity contribution in [2.75, 3.05) is 13.7 Å². The normalized spacial score (nSPS) is 17.3. The predicted molar refractivity (Wildman–Crippen MR) is 107 cm³/mol. The van der Waals surface area contributed by atoms with E-state index >= 15 is 0 Å². The average molecular weight is 387 g/mol. The van der Waals surface area contributed by atoms with E-state index in [-0.39, 0.29) is 0 Å². The van der Waals surface area contributed by atoms with Crippen LogP contribution in [0.25, 0.3) is 11.4 Å². The molecule has 2 aromatic heterocycles. The number of hydrogen-bond donors (Lipinski definition) is 0. The number of aromatic nitrogens is 3. The van der Waals surface area contributed by atoms with Crippen LogP contribution in [-0.2, 0) is 20.1 Å². The molecule has 3 heterocycles. The molecule has 0 saturated carbocycles. The lowest BCUT2D eigenvalue weighted by molar-refractivity contribution is 0.144. The molecule has 0 radical (unpaired) electrons. The zero-order chi connectivity index (χ0) is 18.3. The van der Waals surface area contributed by atoms with Crippen LogP contribution in [0.5, 0.6) is 5.75 Å². The van der Waals surface area contributed by atoms with Crippen LogP contribution < -0.4 is 4.74 Å². The number of thiophene rings is 1. The van der Waals surface area contributed by atoms with Crippen LogP contribution in [-0.4, -0.2) is 32.9 Å². The minimum absolute atomic E-state index is 0.378. The Balaban J connectivity index is 1.66. The van der Waals surface area contributed by atoms with E-state index in [1.807, 2.05) is 51.9 Å². The second kappa shape index (κ2) is 6.98. The standard InChI is InChI=1S/C19H22N4OS2/c1-13-14-9-11-26-17(14)8-10-22(13)12-23-19(25)21(2)18(20-23)15-6-4-5-7-16(15)24-3/h4-7,9,11,13H,8,10,12H2,1-3H3/t13-/m0/s1. The van der Waals surface area contributed by atoms with Crippen LogP contribution in [0.3, 0.4) is 0 Å². The lowest BCUT2D eigenvalue weighted by Crippen LogP contribution is -2.35. The molecule has 0 fully saturated rings. The van der Waals surface area contributed by atoms with Crippen molar-refractivity contribution in [1.82, 2.24) is 19.2 Å². The molecule has 0 bridgehead atoms. The van der Waals surface area contributed by atoms with Gasteiger partial charge in [0.1, 0.15) is 5.75 Å². The van der Waals surface area contributed by atoms with Gasteiger partial charge in [-0.25, -0.2) is 4.68 Å². The Labute approximate surface area is 162 Å². The molecule has 0 amide bonds. The number of fused-ring (bicyclic) bond motifs is 1. The third kappa shape index (κ3) is 2.90. The molecule has 0 aliphatic carbocycles. The fourth-order valence-corrected chi connectivity index (χ4v) is 4.72. The van der Waals surface area contributed by atoms with Crippen molar-refractivity contribution in [3.05, 3.63) is 50.9 Å². The average Bonchev–Trinajstić information content (AvgIpc) is 3.25. The van der Waals surface area contributed by atoms with E-state index in [0.29, 0.717) is 17.5 Å². The number of nitrogens with zero attached hydrogens (tertiary/aromatic N) is 4. The van der Waals surface area contributed by atoms with Gasteiger partial charge in [-0.15, -0.1) is 11.3 Å². The summed E-state index contributed by atoms with van der Waals surface area (Å²) in [6, 6.07) is 10.5. The van der Waals surface area contributed by atoms with Gasteiger partial charge < -0.3 is 9.30 Å². The highest BCUT2D eigenvalue weighted by Gasteiger charge is 2.25. The first-order valence-corrected chi connectivity index (χ1v) is 9.96. The van der Waals surface area contributed by atoms with Gasteiger partial charge in [-0.3, -0.25) is 4.90 Å². The first-order chi connectivity index (χ1) is 12.6. The smallest absolute Gasteiger partial charge is 0.199 e. The number of methoxy groups -OCH3 is 1. The number of ether oxygens (including phenoxy) is 1. The zero-order valence-electron chi connectivity index (χ0n) is 15.2. The third-order valence-corrected chi connectivity index (χ3v) is 6.59. The highest BCUT2D eigenvalue weighted by atomic mass is 32.1. The topological polar surface area (TPSA) is 35.2 Å². The molecule has 136 valence electrons. The summed E-state index contributed by atoms with van der Waals surface area (Å²) in [5, 5.41) is 7.01. The number of benzene rings is 1. The van der Waals surface area contributed by atoms with Gasteiger partial charge in [0.25, 0.3) is 0 Å². The van der Waals surface area contributed by atoms with Gasteiger partial charge in [0.05, 0.1) is 19.3 Å². The van der Waals surface area contributed by atoms with Crippen molar-refractivity contribution in [2.45, 2.75) is 26.1 Å². The van der Waals surface area contributed by atoms with E-state index in [9.17, 15) is 0 Å². The number of para-hydroxylation sites is 1. The van der Waals surface area contributed by atoms with E-state index in [2.05, 4.69) is 23.3 Å². The van der Waals surface area contributed by atoms with Crippen LogP contribution in [0.1, 0.15) is 23.4 Å². The van der Waals surface area contributed by atoms with Crippen LogP contribution in [0.2, 0.25) is 0 Å². The van der Waals surface area contributed by atoms with Crippen LogP contribution in [0, 0.1) is 4.77 Å². The fraction of sp³-hybridized carbons (Fsp3) is 0.368. The van der Waals surface area contributed by atoms with Crippen molar-refractivity contribution in [3.63, 3.8) is 0 Å². The molecule has 7 heteroatoms. The quantitative estimate of drug-likeness (QED) is 0.628. The third-order valence-electron chi connectivity index (χ3n) is 5.11. The molecule has 0 N–H and O–H groups in total. The van der Waals surface area contributed by atoms with Gasteiger partial charge in [0, 0.05) is 24.5 Å². The van der Waals surface area contributed by atoms with Gasteiger partial charge in [0.15, 0.2) is 10.6 Å². The van der Waals surface area contributed by atoms with Crippen LogP contribution in [0.4, 0.5) is 0 Å². The van der Waals surface area contributed by atoms with E-state index in [4.69, 9.17) is 22.1 Å². The largest absolute Gasteiger partial charge is 0.496 e. The maximum atomic E-state index is 5.66. The Morgan fingerprint density at radius 1 is 1.31 bits per heavy atom. The van der Waals surface area contributed by atoms with Gasteiger partial charge in [-0.05, 0) is 54.7 Å². The molecule has 1 aliphatic rings. The minimum Gasteiger partial charge on any atom is -0.496 e. The molecule has 5 nitrogen and oxygen atoms in total. The summed E-state index contributed by atoms with van der Waals surface area (Å²) in [7, 11) is 3.64. The van der Waals surface area contributed by atoms with Crippen molar-refractivity contribution in [2.24, 2.45) is 7.05 Å². The Kier molecular flexibility index (Phi) is 4.69. The summed E-state index contributed by atoms with van der Waals surface area (Å²) in [6.07, 6.45) is 1.09.